The second-order valence-electron chi connectivity index (χ2n) is 7.03. The molecule has 0 fully saturated rings. The Morgan fingerprint density at radius 2 is 1.53 bits per heavy atom. The minimum Gasteiger partial charge on any atom is -0.493 e. The summed E-state index contributed by atoms with van der Waals surface area (Å²) in [6, 6.07) is 26.6. The number of methoxy groups -OCH3 is 1. The maximum absolute atomic E-state index is 13.1. The average Bonchev–Trinajstić information content (AvgIpc) is 3.43. The Hall–Kier alpha value is -4.36. The number of benzene rings is 3. The predicted octanol–water partition coefficient (Wildman–Crippen LogP) is 5.68. The molecule has 0 N–H and O–H groups in total. The second kappa shape index (κ2) is 11.0. The Morgan fingerprint density at radius 3 is 2.18 bits per heavy atom. The van der Waals surface area contributed by atoms with Crippen LogP contribution >= 0.6 is 11.3 Å². The molecule has 1 aromatic heterocycles. The fourth-order valence-electron chi connectivity index (χ4n) is 3.10. The molecular formula is C27H20N2O4S. The van der Waals surface area contributed by atoms with Crippen molar-refractivity contribution in [2.75, 3.05) is 7.11 Å². The lowest BCUT2D eigenvalue weighted by molar-refractivity contribution is 0.0734. The van der Waals surface area contributed by atoms with Crippen molar-refractivity contribution in [1.29, 1.82) is 0 Å². The Labute approximate surface area is 200 Å². The maximum Gasteiger partial charge on any atom is 0.353 e. The largest absolute Gasteiger partial charge is 0.493 e. The summed E-state index contributed by atoms with van der Waals surface area (Å²) in [6.07, 6.45) is 1.51. The van der Waals surface area contributed by atoms with Gasteiger partial charge in [-0.2, -0.15) is 5.10 Å². The van der Waals surface area contributed by atoms with Crippen LogP contribution in [0.1, 0.15) is 31.2 Å². The van der Waals surface area contributed by atoms with Crippen molar-refractivity contribution in [1.82, 2.24) is 0 Å². The van der Waals surface area contributed by atoms with Crippen LogP contribution in [0.15, 0.2) is 107 Å². The molecule has 3 aromatic carbocycles. The lowest BCUT2D eigenvalue weighted by Crippen LogP contribution is -2.15. The SMILES string of the molecule is COc1cc(C=N/N=C(\C(=O)c2ccccc2)c2ccccc2)ccc1OC(=O)c1cccs1. The number of hydrogen-bond donors (Lipinski definition) is 0. The van der Waals surface area contributed by atoms with Gasteiger partial charge < -0.3 is 9.47 Å². The third-order valence-corrected chi connectivity index (χ3v) is 5.63. The third-order valence-electron chi connectivity index (χ3n) is 4.78. The fourth-order valence-corrected chi connectivity index (χ4v) is 3.70. The van der Waals surface area contributed by atoms with Crippen LogP contribution in [-0.4, -0.2) is 30.8 Å². The molecule has 0 bridgehead atoms. The van der Waals surface area contributed by atoms with Gasteiger partial charge in [0, 0.05) is 11.1 Å². The summed E-state index contributed by atoms with van der Waals surface area (Å²) < 4.78 is 10.8. The van der Waals surface area contributed by atoms with Gasteiger partial charge in [0.2, 0.25) is 5.78 Å². The summed E-state index contributed by atoms with van der Waals surface area (Å²) in [7, 11) is 1.49. The topological polar surface area (TPSA) is 77.3 Å². The molecule has 0 aliphatic rings. The second-order valence-corrected chi connectivity index (χ2v) is 7.98. The summed E-state index contributed by atoms with van der Waals surface area (Å²) in [5.74, 6) is -0.00382. The molecule has 0 radical (unpaired) electrons. The number of ether oxygens (including phenoxy) is 2. The molecule has 1 heterocycles. The summed E-state index contributed by atoms with van der Waals surface area (Å²) in [5, 5.41) is 10.2. The maximum atomic E-state index is 13.1. The first-order chi connectivity index (χ1) is 16.7. The van der Waals surface area contributed by atoms with Crippen LogP contribution in [0.4, 0.5) is 0 Å². The number of Topliss-reactive ketones (excluding diaryl/α,β-unsaturated/α-hetero) is 1. The van der Waals surface area contributed by atoms with Crippen LogP contribution < -0.4 is 9.47 Å². The van der Waals surface area contributed by atoms with Gasteiger partial charge in [0.15, 0.2) is 11.5 Å². The van der Waals surface area contributed by atoms with Gasteiger partial charge in [-0.1, -0.05) is 66.7 Å². The lowest BCUT2D eigenvalue weighted by atomic mass is 10.0. The molecule has 0 aliphatic heterocycles. The highest BCUT2D eigenvalue weighted by Crippen LogP contribution is 2.29. The van der Waals surface area contributed by atoms with Crippen molar-refractivity contribution in [3.63, 3.8) is 0 Å². The van der Waals surface area contributed by atoms with E-state index in [1.807, 2.05) is 36.4 Å². The van der Waals surface area contributed by atoms with E-state index in [1.54, 1.807) is 60.0 Å². The van der Waals surface area contributed by atoms with Crippen molar-refractivity contribution in [2.24, 2.45) is 10.2 Å². The van der Waals surface area contributed by atoms with Gasteiger partial charge in [-0.25, -0.2) is 4.79 Å². The Morgan fingerprint density at radius 1 is 0.824 bits per heavy atom. The molecule has 4 aromatic rings. The number of carbonyl (C=O) groups excluding carboxylic acids is 2. The zero-order valence-electron chi connectivity index (χ0n) is 18.3. The molecule has 0 unspecified atom stereocenters. The van der Waals surface area contributed by atoms with Crippen LogP contribution in [0, 0.1) is 0 Å². The third kappa shape index (κ3) is 5.51. The van der Waals surface area contributed by atoms with Crippen molar-refractivity contribution >= 4 is 35.0 Å². The highest BCUT2D eigenvalue weighted by Gasteiger charge is 2.16. The highest BCUT2D eigenvalue weighted by molar-refractivity contribution is 7.12. The molecule has 0 saturated heterocycles. The highest BCUT2D eigenvalue weighted by atomic mass is 32.1. The monoisotopic (exact) mass is 468 g/mol. The van der Waals surface area contributed by atoms with Crippen molar-refractivity contribution in [3.05, 3.63) is 118 Å². The van der Waals surface area contributed by atoms with Gasteiger partial charge in [0.05, 0.1) is 13.3 Å². The van der Waals surface area contributed by atoms with E-state index in [-0.39, 0.29) is 11.5 Å². The van der Waals surface area contributed by atoms with Gasteiger partial charge in [-0.3, -0.25) is 4.79 Å². The standard InChI is InChI=1S/C27H20N2O4S/c1-32-23-17-19(14-15-22(23)33-27(31)24-13-8-16-34-24)18-28-29-25(20-9-4-2-5-10-20)26(30)21-11-6-3-7-12-21/h2-18H,1H3/b28-18?,29-25-. The number of esters is 1. The minimum atomic E-state index is -0.453. The molecule has 34 heavy (non-hydrogen) atoms. The molecule has 0 spiro atoms. The molecule has 0 amide bonds. The number of carbonyl (C=O) groups is 2. The summed E-state index contributed by atoms with van der Waals surface area (Å²) in [4.78, 5) is 25.8. The first kappa shape index (κ1) is 22.8. The number of rotatable bonds is 8. The lowest BCUT2D eigenvalue weighted by Gasteiger charge is -2.09. The van der Waals surface area contributed by atoms with E-state index in [0.29, 0.717) is 33.1 Å². The van der Waals surface area contributed by atoms with Crippen molar-refractivity contribution in [2.45, 2.75) is 0 Å². The van der Waals surface area contributed by atoms with Crippen molar-refractivity contribution < 1.29 is 19.1 Å². The summed E-state index contributed by atoms with van der Waals surface area (Å²) in [6.45, 7) is 0. The Kier molecular flexibility index (Phi) is 7.37. The van der Waals surface area contributed by atoms with E-state index < -0.39 is 5.97 Å². The zero-order valence-corrected chi connectivity index (χ0v) is 19.1. The quantitative estimate of drug-likeness (QED) is 0.110. The van der Waals surface area contributed by atoms with Crippen LogP contribution in [0.5, 0.6) is 11.5 Å². The minimum absolute atomic E-state index is 0.225. The Bertz CT molecular complexity index is 1330. The van der Waals surface area contributed by atoms with Gasteiger partial charge >= 0.3 is 5.97 Å². The molecule has 7 heteroatoms. The first-order valence-corrected chi connectivity index (χ1v) is 11.2. The van der Waals surface area contributed by atoms with Crippen LogP contribution in [0.2, 0.25) is 0 Å². The number of hydrogen-bond acceptors (Lipinski definition) is 7. The van der Waals surface area contributed by atoms with Gasteiger partial charge in [0.1, 0.15) is 10.6 Å². The van der Waals surface area contributed by atoms with Gasteiger partial charge in [-0.05, 0) is 35.2 Å². The predicted molar refractivity (Wildman–Crippen MR) is 134 cm³/mol. The average molecular weight is 469 g/mol. The van der Waals surface area contributed by atoms with Gasteiger partial charge in [-0.15, -0.1) is 16.4 Å². The molecule has 0 aliphatic carbocycles. The fraction of sp³-hybridized carbons (Fsp3) is 0.0370. The molecular weight excluding hydrogens is 448 g/mol. The van der Waals surface area contributed by atoms with E-state index >= 15 is 0 Å². The molecule has 0 saturated carbocycles. The first-order valence-electron chi connectivity index (χ1n) is 10.4. The summed E-state index contributed by atoms with van der Waals surface area (Å²) >= 11 is 1.30. The molecule has 168 valence electrons. The van der Waals surface area contributed by atoms with E-state index in [9.17, 15) is 9.59 Å². The smallest absolute Gasteiger partial charge is 0.353 e. The van der Waals surface area contributed by atoms with Crippen LogP contribution in [-0.2, 0) is 0 Å². The van der Waals surface area contributed by atoms with E-state index in [2.05, 4.69) is 10.2 Å². The molecule has 0 atom stereocenters. The van der Waals surface area contributed by atoms with E-state index in [1.165, 1.54) is 24.7 Å². The number of nitrogens with zero attached hydrogens (tertiary/aromatic N) is 2. The zero-order chi connectivity index (χ0) is 23.8. The molecule has 4 rings (SSSR count). The van der Waals surface area contributed by atoms with E-state index in [0.717, 1.165) is 0 Å². The summed E-state index contributed by atoms with van der Waals surface area (Å²) in [5.41, 5.74) is 2.09. The number of ketones is 1. The van der Waals surface area contributed by atoms with Crippen molar-refractivity contribution in [3.8, 4) is 11.5 Å². The van der Waals surface area contributed by atoms with Crippen LogP contribution in [0.3, 0.4) is 0 Å². The van der Waals surface area contributed by atoms with E-state index in [4.69, 9.17) is 9.47 Å². The number of thiophene rings is 1. The Balaban J connectivity index is 1.58. The van der Waals surface area contributed by atoms with Gasteiger partial charge in [0.25, 0.3) is 0 Å². The molecule has 6 nitrogen and oxygen atoms in total. The van der Waals surface area contributed by atoms with Crippen LogP contribution in [0.25, 0.3) is 0 Å². The normalized spacial score (nSPS) is 11.4.